The molecule has 2 amide bonds. The van der Waals surface area contributed by atoms with E-state index < -0.39 is 0 Å². The van der Waals surface area contributed by atoms with Gasteiger partial charge in [-0.2, -0.15) is 0 Å². The number of hydrogen-bond donors (Lipinski definition) is 0. The van der Waals surface area contributed by atoms with Crippen LogP contribution in [0.3, 0.4) is 0 Å². The van der Waals surface area contributed by atoms with Crippen LogP contribution in [0.5, 0.6) is 0 Å². The Morgan fingerprint density at radius 1 is 1.31 bits per heavy atom. The average molecular weight is 219 g/mol. The number of amides is 2. The molecule has 0 bridgehead atoms. The van der Waals surface area contributed by atoms with Crippen LogP contribution >= 0.6 is 0 Å². The SMILES string of the molecule is C=CCN1C(=O)C=C(C2CCCCC2)C1=O. The monoisotopic (exact) mass is 219 g/mol. The van der Waals surface area contributed by atoms with Crippen molar-refractivity contribution in [2.75, 3.05) is 6.54 Å². The molecule has 0 aromatic heterocycles. The molecule has 2 rings (SSSR count). The number of carbonyl (C=O) groups excluding carboxylic acids is 2. The van der Waals surface area contributed by atoms with Crippen LogP contribution in [0, 0.1) is 5.92 Å². The van der Waals surface area contributed by atoms with Crippen LogP contribution in [0.15, 0.2) is 24.3 Å². The van der Waals surface area contributed by atoms with E-state index in [0.717, 1.165) is 18.4 Å². The van der Waals surface area contributed by atoms with Gasteiger partial charge in [0, 0.05) is 18.2 Å². The highest BCUT2D eigenvalue weighted by atomic mass is 16.2. The van der Waals surface area contributed by atoms with E-state index in [1.807, 2.05) is 0 Å². The molecule has 0 unspecified atom stereocenters. The summed E-state index contributed by atoms with van der Waals surface area (Å²) >= 11 is 0. The van der Waals surface area contributed by atoms with E-state index in [1.165, 1.54) is 30.2 Å². The zero-order valence-electron chi connectivity index (χ0n) is 9.45. The number of rotatable bonds is 3. The van der Waals surface area contributed by atoms with E-state index in [2.05, 4.69) is 6.58 Å². The molecule has 1 aliphatic heterocycles. The van der Waals surface area contributed by atoms with Gasteiger partial charge in [-0.25, -0.2) is 0 Å². The first kappa shape index (κ1) is 11.1. The third kappa shape index (κ3) is 1.94. The van der Waals surface area contributed by atoms with Crippen LogP contribution in [0.2, 0.25) is 0 Å². The summed E-state index contributed by atoms with van der Waals surface area (Å²) in [5, 5.41) is 0. The molecular weight excluding hydrogens is 202 g/mol. The maximum atomic E-state index is 12.0. The van der Waals surface area contributed by atoms with E-state index in [-0.39, 0.29) is 11.8 Å². The van der Waals surface area contributed by atoms with E-state index in [0.29, 0.717) is 12.5 Å². The van der Waals surface area contributed by atoms with E-state index in [4.69, 9.17) is 0 Å². The molecule has 0 N–H and O–H groups in total. The van der Waals surface area contributed by atoms with Crippen molar-refractivity contribution in [2.45, 2.75) is 32.1 Å². The largest absolute Gasteiger partial charge is 0.271 e. The minimum absolute atomic E-state index is 0.100. The van der Waals surface area contributed by atoms with Gasteiger partial charge in [0.15, 0.2) is 0 Å². The number of hydrogen-bond acceptors (Lipinski definition) is 2. The van der Waals surface area contributed by atoms with Gasteiger partial charge in [0.25, 0.3) is 11.8 Å². The van der Waals surface area contributed by atoms with Crippen molar-refractivity contribution in [3.05, 3.63) is 24.3 Å². The lowest BCUT2D eigenvalue weighted by Gasteiger charge is -2.22. The van der Waals surface area contributed by atoms with Crippen molar-refractivity contribution in [3.63, 3.8) is 0 Å². The van der Waals surface area contributed by atoms with E-state index in [1.54, 1.807) is 6.08 Å². The maximum absolute atomic E-state index is 12.0. The quantitative estimate of drug-likeness (QED) is 0.538. The molecule has 0 aromatic rings. The maximum Gasteiger partial charge on any atom is 0.257 e. The molecule has 1 heterocycles. The Bertz CT molecular complexity index is 351. The molecule has 0 atom stereocenters. The first-order chi connectivity index (χ1) is 7.74. The minimum atomic E-state index is -0.175. The normalized spacial score (nSPS) is 22.5. The molecule has 1 aliphatic carbocycles. The fraction of sp³-hybridized carbons (Fsp3) is 0.538. The van der Waals surface area contributed by atoms with Crippen molar-refractivity contribution in [2.24, 2.45) is 5.92 Å². The topological polar surface area (TPSA) is 37.4 Å². The molecule has 0 spiro atoms. The predicted octanol–water partition coefficient (Wildman–Crippen LogP) is 2.05. The van der Waals surface area contributed by atoms with Crippen molar-refractivity contribution in [3.8, 4) is 0 Å². The lowest BCUT2D eigenvalue weighted by molar-refractivity contribution is -0.136. The first-order valence-corrected chi connectivity index (χ1v) is 5.92. The van der Waals surface area contributed by atoms with Crippen molar-refractivity contribution in [1.82, 2.24) is 4.90 Å². The number of nitrogens with zero attached hydrogens (tertiary/aromatic N) is 1. The van der Waals surface area contributed by atoms with Crippen LogP contribution in [0.25, 0.3) is 0 Å². The van der Waals surface area contributed by atoms with Crippen molar-refractivity contribution < 1.29 is 9.59 Å². The Labute approximate surface area is 95.8 Å². The highest BCUT2D eigenvalue weighted by Gasteiger charge is 2.34. The summed E-state index contributed by atoms with van der Waals surface area (Å²) in [4.78, 5) is 24.9. The van der Waals surface area contributed by atoms with Gasteiger partial charge >= 0.3 is 0 Å². The molecule has 2 aliphatic rings. The van der Waals surface area contributed by atoms with Crippen molar-refractivity contribution >= 4 is 11.8 Å². The number of carbonyl (C=O) groups is 2. The Morgan fingerprint density at radius 2 is 2.00 bits per heavy atom. The van der Waals surface area contributed by atoms with Crippen LogP contribution in [-0.4, -0.2) is 23.3 Å². The summed E-state index contributed by atoms with van der Waals surface area (Å²) in [6, 6.07) is 0. The molecule has 0 radical (unpaired) electrons. The zero-order chi connectivity index (χ0) is 11.5. The fourth-order valence-electron chi connectivity index (χ4n) is 2.54. The second-order valence-corrected chi connectivity index (χ2v) is 4.48. The Hall–Kier alpha value is -1.38. The molecule has 3 nitrogen and oxygen atoms in total. The van der Waals surface area contributed by atoms with Crippen LogP contribution in [-0.2, 0) is 9.59 Å². The van der Waals surface area contributed by atoms with Gasteiger partial charge in [-0.3, -0.25) is 14.5 Å². The average Bonchev–Trinajstić information content (AvgIpc) is 2.59. The van der Waals surface area contributed by atoms with Gasteiger partial charge in [0.05, 0.1) is 0 Å². The second kappa shape index (κ2) is 4.64. The van der Waals surface area contributed by atoms with Crippen LogP contribution < -0.4 is 0 Å². The molecule has 86 valence electrons. The molecule has 0 aromatic carbocycles. The van der Waals surface area contributed by atoms with E-state index >= 15 is 0 Å². The summed E-state index contributed by atoms with van der Waals surface area (Å²) in [7, 11) is 0. The standard InChI is InChI=1S/C13H17NO2/c1-2-8-14-12(15)9-11(13(14)16)10-6-4-3-5-7-10/h2,9-10H,1,3-8H2. The van der Waals surface area contributed by atoms with Gasteiger partial charge in [-0.1, -0.05) is 25.3 Å². The summed E-state index contributed by atoms with van der Waals surface area (Å²) in [6.07, 6.45) is 8.81. The minimum Gasteiger partial charge on any atom is -0.271 e. The molecular formula is C13H17NO2. The second-order valence-electron chi connectivity index (χ2n) is 4.48. The highest BCUT2D eigenvalue weighted by molar-refractivity contribution is 6.16. The molecule has 0 saturated heterocycles. The Morgan fingerprint density at radius 3 is 2.62 bits per heavy atom. The Kier molecular flexibility index (Phi) is 3.22. The third-order valence-electron chi connectivity index (χ3n) is 3.39. The van der Waals surface area contributed by atoms with Gasteiger partial charge in [-0.15, -0.1) is 6.58 Å². The lowest BCUT2D eigenvalue weighted by Crippen LogP contribution is -2.32. The molecule has 1 saturated carbocycles. The van der Waals surface area contributed by atoms with Crippen LogP contribution in [0.4, 0.5) is 0 Å². The first-order valence-electron chi connectivity index (χ1n) is 5.92. The zero-order valence-corrected chi connectivity index (χ0v) is 9.45. The summed E-state index contributed by atoms with van der Waals surface area (Å²) in [5.41, 5.74) is 0.728. The summed E-state index contributed by atoms with van der Waals surface area (Å²) < 4.78 is 0. The van der Waals surface area contributed by atoms with Gasteiger partial charge in [0.2, 0.25) is 0 Å². The lowest BCUT2D eigenvalue weighted by atomic mass is 9.84. The predicted molar refractivity (Wildman–Crippen MR) is 61.6 cm³/mol. The third-order valence-corrected chi connectivity index (χ3v) is 3.39. The van der Waals surface area contributed by atoms with Gasteiger partial charge in [0.1, 0.15) is 0 Å². The summed E-state index contributed by atoms with van der Waals surface area (Å²) in [5.74, 6) is 0.0299. The molecule has 3 heteroatoms. The smallest absolute Gasteiger partial charge is 0.257 e. The summed E-state index contributed by atoms with van der Waals surface area (Å²) in [6.45, 7) is 3.89. The highest BCUT2D eigenvalue weighted by Crippen LogP contribution is 2.32. The Balaban J connectivity index is 2.11. The fourth-order valence-corrected chi connectivity index (χ4v) is 2.54. The van der Waals surface area contributed by atoms with Crippen molar-refractivity contribution in [1.29, 1.82) is 0 Å². The van der Waals surface area contributed by atoms with Gasteiger partial charge < -0.3 is 0 Å². The molecule has 16 heavy (non-hydrogen) atoms. The van der Waals surface area contributed by atoms with Gasteiger partial charge in [-0.05, 0) is 18.8 Å². The van der Waals surface area contributed by atoms with E-state index in [9.17, 15) is 9.59 Å². The number of imide groups is 1. The van der Waals surface area contributed by atoms with Crippen LogP contribution in [0.1, 0.15) is 32.1 Å². The molecule has 1 fully saturated rings.